The molecule has 0 aliphatic rings. The van der Waals surface area contributed by atoms with Crippen LogP contribution in [-0.2, 0) is 9.47 Å². The minimum atomic E-state index is -0.803. The van der Waals surface area contributed by atoms with Crippen LogP contribution in [0.5, 0.6) is 0 Å². The van der Waals surface area contributed by atoms with E-state index in [0.29, 0.717) is 6.61 Å². The Labute approximate surface area is 110 Å². The summed E-state index contributed by atoms with van der Waals surface area (Å²) in [7, 11) is 3.02. The first-order valence-electron chi connectivity index (χ1n) is 5.55. The first kappa shape index (κ1) is 15.3. The lowest BCUT2D eigenvalue weighted by Gasteiger charge is -2.15. The largest absolute Gasteiger partial charge is 0.382 e. The molecule has 1 aromatic rings. The Kier molecular flexibility index (Phi) is 6.13. The fourth-order valence-electron chi connectivity index (χ4n) is 1.42. The van der Waals surface area contributed by atoms with Crippen molar-refractivity contribution in [2.24, 2.45) is 5.84 Å². The highest BCUT2D eigenvalue weighted by Crippen LogP contribution is 2.13. The van der Waals surface area contributed by atoms with Gasteiger partial charge in [0.05, 0.1) is 18.3 Å². The molecule has 8 heteroatoms. The highest BCUT2D eigenvalue weighted by Gasteiger charge is 2.16. The molecule has 1 unspecified atom stereocenters. The minimum absolute atomic E-state index is 0.143. The second-order valence-electron chi connectivity index (χ2n) is 3.69. The van der Waals surface area contributed by atoms with Crippen LogP contribution in [0, 0.1) is 5.82 Å². The number of carbonyl (C=O) groups is 1. The van der Waals surface area contributed by atoms with Crippen LogP contribution in [0.4, 0.5) is 10.2 Å². The zero-order valence-electron chi connectivity index (χ0n) is 10.8. The molecular formula is C11H17FN4O3. The topological polar surface area (TPSA) is 98.5 Å². The molecule has 1 rings (SSSR count). The molecule has 0 radical (unpaired) electrons. The number of nitrogens with two attached hydrogens (primary N) is 1. The molecule has 0 aliphatic carbocycles. The SMILES string of the molecule is COCC(CNC(=O)c1ccnc(NN)c1F)OC. The second-order valence-corrected chi connectivity index (χ2v) is 3.69. The van der Waals surface area contributed by atoms with E-state index in [9.17, 15) is 9.18 Å². The van der Waals surface area contributed by atoms with Gasteiger partial charge >= 0.3 is 0 Å². The summed E-state index contributed by atoms with van der Waals surface area (Å²) in [6.07, 6.45) is 0.988. The Morgan fingerprint density at radius 1 is 1.58 bits per heavy atom. The van der Waals surface area contributed by atoms with Crippen LogP contribution >= 0.6 is 0 Å². The molecule has 106 valence electrons. The molecule has 1 aromatic heterocycles. The van der Waals surface area contributed by atoms with Gasteiger partial charge in [-0.25, -0.2) is 15.2 Å². The van der Waals surface area contributed by atoms with E-state index in [1.165, 1.54) is 26.5 Å². The number of methoxy groups -OCH3 is 2. The summed E-state index contributed by atoms with van der Waals surface area (Å²) in [6, 6.07) is 1.27. The Morgan fingerprint density at radius 3 is 2.89 bits per heavy atom. The second kappa shape index (κ2) is 7.62. The number of nitrogen functional groups attached to an aromatic ring is 1. The summed E-state index contributed by atoms with van der Waals surface area (Å²) in [6.45, 7) is 0.529. The molecule has 4 N–H and O–H groups in total. The van der Waals surface area contributed by atoms with E-state index < -0.39 is 11.7 Å². The average Bonchev–Trinajstić information content (AvgIpc) is 2.43. The van der Waals surface area contributed by atoms with E-state index in [2.05, 4.69) is 15.7 Å². The van der Waals surface area contributed by atoms with Crippen LogP contribution in [0.25, 0.3) is 0 Å². The Hall–Kier alpha value is -1.77. The van der Waals surface area contributed by atoms with Crippen molar-refractivity contribution in [2.75, 3.05) is 32.8 Å². The van der Waals surface area contributed by atoms with Crippen LogP contribution in [0.15, 0.2) is 12.3 Å². The van der Waals surface area contributed by atoms with Crippen LogP contribution in [0.3, 0.4) is 0 Å². The normalized spacial score (nSPS) is 12.0. The van der Waals surface area contributed by atoms with Crippen LogP contribution < -0.4 is 16.6 Å². The third-order valence-corrected chi connectivity index (χ3v) is 2.45. The van der Waals surface area contributed by atoms with Crippen molar-refractivity contribution >= 4 is 11.7 Å². The molecule has 0 saturated carbocycles. The minimum Gasteiger partial charge on any atom is -0.382 e. The van der Waals surface area contributed by atoms with Gasteiger partial charge < -0.3 is 20.2 Å². The maximum Gasteiger partial charge on any atom is 0.254 e. The van der Waals surface area contributed by atoms with Gasteiger partial charge in [-0.1, -0.05) is 0 Å². The zero-order chi connectivity index (χ0) is 14.3. The number of aromatic nitrogens is 1. The predicted octanol–water partition coefficient (Wildman–Crippen LogP) is -0.102. The maximum atomic E-state index is 13.8. The van der Waals surface area contributed by atoms with Crippen molar-refractivity contribution in [1.82, 2.24) is 10.3 Å². The number of pyridine rings is 1. The molecule has 19 heavy (non-hydrogen) atoms. The molecule has 0 aromatic carbocycles. The number of hydrogen-bond acceptors (Lipinski definition) is 6. The number of anilines is 1. The van der Waals surface area contributed by atoms with Gasteiger partial charge in [0.15, 0.2) is 11.6 Å². The van der Waals surface area contributed by atoms with Gasteiger partial charge in [-0.2, -0.15) is 0 Å². The smallest absolute Gasteiger partial charge is 0.254 e. The summed E-state index contributed by atoms with van der Waals surface area (Å²) in [4.78, 5) is 15.5. The van der Waals surface area contributed by atoms with Gasteiger partial charge in [0.2, 0.25) is 0 Å². The van der Waals surface area contributed by atoms with Crippen LogP contribution in [0.2, 0.25) is 0 Å². The lowest BCUT2D eigenvalue weighted by molar-refractivity contribution is 0.0285. The molecule has 0 fully saturated rings. The highest BCUT2D eigenvalue weighted by atomic mass is 19.1. The summed E-state index contributed by atoms with van der Waals surface area (Å²) >= 11 is 0. The third-order valence-electron chi connectivity index (χ3n) is 2.45. The van der Waals surface area contributed by atoms with Gasteiger partial charge in [-0.3, -0.25) is 4.79 Å². The molecule has 1 heterocycles. The third kappa shape index (κ3) is 4.12. The van der Waals surface area contributed by atoms with Gasteiger partial charge in [0.1, 0.15) is 0 Å². The van der Waals surface area contributed by atoms with E-state index in [0.717, 1.165) is 0 Å². The number of nitrogens with one attached hydrogen (secondary N) is 2. The van der Waals surface area contributed by atoms with Crippen molar-refractivity contribution in [2.45, 2.75) is 6.10 Å². The van der Waals surface area contributed by atoms with Crippen LogP contribution in [-0.4, -0.2) is 44.4 Å². The monoisotopic (exact) mass is 272 g/mol. The van der Waals surface area contributed by atoms with E-state index in [-0.39, 0.29) is 24.0 Å². The van der Waals surface area contributed by atoms with E-state index in [1.807, 2.05) is 0 Å². The van der Waals surface area contributed by atoms with Gasteiger partial charge in [-0.15, -0.1) is 0 Å². The fraction of sp³-hybridized carbons (Fsp3) is 0.455. The van der Waals surface area contributed by atoms with E-state index in [4.69, 9.17) is 15.3 Å². The quantitative estimate of drug-likeness (QED) is 0.473. The summed E-state index contributed by atoms with van der Waals surface area (Å²) in [5.74, 6) is 3.52. The molecule has 1 atom stereocenters. The number of amides is 1. The van der Waals surface area contributed by atoms with E-state index >= 15 is 0 Å². The predicted molar refractivity (Wildman–Crippen MR) is 67.0 cm³/mol. The average molecular weight is 272 g/mol. The molecule has 7 nitrogen and oxygen atoms in total. The van der Waals surface area contributed by atoms with Crippen molar-refractivity contribution in [3.8, 4) is 0 Å². The fourth-order valence-corrected chi connectivity index (χ4v) is 1.42. The summed E-state index contributed by atoms with van der Waals surface area (Å²) in [5.41, 5.74) is 1.93. The number of halogens is 1. The van der Waals surface area contributed by atoms with Crippen molar-refractivity contribution in [3.63, 3.8) is 0 Å². The lowest BCUT2D eigenvalue weighted by atomic mass is 10.2. The molecular weight excluding hydrogens is 255 g/mol. The molecule has 0 saturated heterocycles. The maximum absolute atomic E-state index is 13.8. The van der Waals surface area contributed by atoms with Crippen molar-refractivity contribution in [3.05, 3.63) is 23.6 Å². The Morgan fingerprint density at radius 2 is 2.32 bits per heavy atom. The molecule has 0 bridgehead atoms. The lowest BCUT2D eigenvalue weighted by Crippen LogP contribution is -2.36. The van der Waals surface area contributed by atoms with Crippen LogP contribution in [0.1, 0.15) is 10.4 Å². The molecule has 0 spiro atoms. The van der Waals surface area contributed by atoms with Crippen molar-refractivity contribution < 1.29 is 18.7 Å². The number of ether oxygens (including phenoxy) is 2. The summed E-state index contributed by atoms with van der Waals surface area (Å²) in [5, 5.41) is 2.55. The van der Waals surface area contributed by atoms with Crippen molar-refractivity contribution in [1.29, 1.82) is 0 Å². The Bertz CT molecular complexity index is 430. The van der Waals surface area contributed by atoms with Gasteiger partial charge in [0.25, 0.3) is 5.91 Å². The van der Waals surface area contributed by atoms with Gasteiger partial charge in [-0.05, 0) is 6.07 Å². The molecule has 0 aliphatic heterocycles. The first-order valence-corrected chi connectivity index (χ1v) is 5.55. The Balaban J connectivity index is 2.68. The van der Waals surface area contributed by atoms with E-state index in [1.54, 1.807) is 0 Å². The van der Waals surface area contributed by atoms with Gasteiger partial charge in [0, 0.05) is 27.0 Å². The summed E-state index contributed by atoms with van der Waals surface area (Å²) < 4.78 is 23.7. The number of nitrogens with zero attached hydrogens (tertiary/aromatic N) is 1. The number of carbonyl (C=O) groups excluding carboxylic acids is 1. The highest BCUT2D eigenvalue weighted by molar-refractivity contribution is 5.95. The number of hydrazine groups is 1. The standard InChI is InChI=1S/C11H17FN4O3/c1-18-6-7(19-2)5-15-11(17)8-3-4-14-10(16-13)9(8)12/h3-4,7H,5-6,13H2,1-2H3,(H,14,16)(H,15,17). The first-order chi connectivity index (χ1) is 9.13. The zero-order valence-corrected chi connectivity index (χ0v) is 10.8. The number of rotatable bonds is 7. The molecule has 1 amide bonds. The number of hydrogen-bond donors (Lipinski definition) is 3.